The fraction of sp³-hybridized carbons (Fsp3) is 0. The monoisotopic (exact) mass is 333 g/mol. The first-order valence-corrected chi connectivity index (χ1v) is 7.44. The van der Waals surface area contributed by atoms with E-state index in [1.807, 2.05) is 18.2 Å². The van der Waals surface area contributed by atoms with E-state index in [-0.39, 0.29) is 0 Å². The molecule has 0 amide bonds. The molecule has 0 saturated carbocycles. The zero-order valence-corrected chi connectivity index (χ0v) is 13.1. The van der Waals surface area contributed by atoms with Gasteiger partial charge in [0.15, 0.2) is 0 Å². The molecule has 0 aromatic heterocycles. The normalized spacial score (nSPS) is 11.4. The molecule has 4 heteroatoms. The van der Waals surface area contributed by atoms with E-state index in [0.29, 0.717) is 20.8 Å². The largest absolute Gasteiger partial charge is 0.255 e. The number of hydrogen-bond donors (Lipinski definition) is 0. The van der Waals surface area contributed by atoms with E-state index in [1.54, 1.807) is 18.3 Å². The van der Waals surface area contributed by atoms with Crippen LogP contribution in [-0.2, 0) is 0 Å². The van der Waals surface area contributed by atoms with Crippen LogP contribution >= 0.6 is 34.8 Å². The molecule has 104 valence electrons. The van der Waals surface area contributed by atoms with Crippen LogP contribution in [0.1, 0.15) is 5.56 Å². The van der Waals surface area contributed by atoms with Crippen molar-refractivity contribution in [3.05, 3.63) is 75.2 Å². The Bertz CT molecular complexity index is 841. The van der Waals surface area contributed by atoms with Crippen molar-refractivity contribution < 1.29 is 0 Å². The molecular formula is C17H10Cl3N. The molecular weight excluding hydrogens is 325 g/mol. The third kappa shape index (κ3) is 3.21. The lowest BCUT2D eigenvalue weighted by Crippen LogP contribution is -1.82. The lowest BCUT2D eigenvalue weighted by atomic mass is 10.1. The quantitative estimate of drug-likeness (QED) is 0.372. The van der Waals surface area contributed by atoms with Crippen molar-refractivity contribution in [3.63, 3.8) is 0 Å². The summed E-state index contributed by atoms with van der Waals surface area (Å²) >= 11 is 18.0. The molecule has 3 aromatic carbocycles. The molecule has 3 rings (SSSR count). The second-order valence-corrected chi connectivity index (χ2v) is 5.80. The summed E-state index contributed by atoms with van der Waals surface area (Å²) in [5, 5.41) is 3.70. The van der Waals surface area contributed by atoms with Crippen LogP contribution in [0.4, 0.5) is 5.69 Å². The summed E-state index contributed by atoms with van der Waals surface area (Å²) in [6, 6.07) is 17.6. The topological polar surface area (TPSA) is 12.4 Å². The fourth-order valence-corrected chi connectivity index (χ4v) is 2.63. The summed E-state index contributed by atoms with van der Waals surface area (Å²) in [7, 11) is 0. The Morgan fingerprint density at radius 3 is 2.24 bits per heavy atom. The summed E-state index contributed by atoms with van der Waals surface area (Å²) in [5.41, 5.74) is 1.59. The standard InChI is InChI=1S/C17H10Cl3N/c18-14-8-16(20)17(9-15(14)19)21-10-11-5-6-12-3-1-2-4-13(12)7-11/h1-10H. The smallest absolute Gasteiger partial charge is 0.0831 e. The molecule has 0 spiro atoms. The zero-order chi connectivity index (χ0) is 14.8. The Kier molecular flexibility index (Phi) is 4.16. The van der Waals surface area contributed by atoms with Crippen LogP contribution in [-0.4, -0.2) is 6.21 Å². The maximum atomic E-state index is 6.11. The van der Waals surface area contributed by atoms with E-state index < -0.39 is 0 Å². The van der Waals surface area contributed by atoms with Crippen molar-refractivity contribution in [2.45, 2.75) is 0 Å². The minimum Gasteiger partial charge on any atom is -0.255 e. The maximum Gasteiger partial charge on any atom is 0.0831 e. The van der Waals surface area contributed by atoms with Crippen molar-refractivity contribution in [1.29, 1.82) is 0 Å². The minimum absolute atomic E-state index is 0.423. The zero-order valence-electron chi connectivity index (χ0n) is 10.9. The van der Waals surface area contributed by atoms with Crippen LogP contribution in [0.15, 0.2) is 59.6 Å². The highest BCUT2D eigenvalue weighted by Gasteiger charge is 2.04. The van der Waals surface area contributed by atoms with Crippen LogP contribution in [0.3, 0.4) is 0 Å². The van der Waals surface area contributed by atoms with Gasteiger partial charge in [0.05, 0.1) is 20.8 Å². The second-order valence-electron chi connectivity index (χ2n) is 4.58. The molecule has 0 unspecified atom stereocenters. The molecule has 0 bridgehead atoms. The van der Waals surface area contributed by atoms with Crippen LogP contribution in [0, 0.1) is 0 Å². The van der Waals surface area contributed by atoms with Gasteiger partial charge in [-0.2, -0.15) is 0 Å². The Morgan fingerprint density at radius 2 is 1.43 bits per heavy atom. The van der Waals surface area contributed by atoms with Gasteiger partial charge < -0.3 is 0 Å². The fourth-order valence-electron chi connectivity index (χ4n) is 2.04. The average Bonchev–Trinajstić information content (AvgIpc) is 2.49. The van der Waals surface area contributed by atoms with Crippen molar-refractivity contribution in [1.82, 2.24) is 0 Å². The van der Waals surface area contributed by atoms with E-state index in [9.17, 15) is 0 Å². The van der Waals surface area contributed by atoms with Gasteiger partial charge in [-0.1, -0.05) is 71.2 Å². The number of halogens is 3. The van der Waals surface area contributed by atoms with Crippen LogP contribution in [0.5, 0.6) is 0 Å². The Hall–Kier alpha value is -1.54. The van der Waals surface area contributed by atoms with Crippen LogP contribution in [0.2, 0.25) is 15.1 Å². The van der Waals surface area contributed by atoms with E-state index >= 15 is 0 Å². The number of rotatable bonds is 2. The maximum absolute atomic E-state index is 6.11. The van der Waals surface area contributed by atoms with Gasteiger partial charge in [-0.15, -0.1) is 0 Å². The summed E-state index contributed by atoms with van der Waals surface area (Å²) in [5.74, 6) is 0. The van der Waals surface area contributed by atoms with Gasteiger partial charge in [0.2, 0.25) is 0 Å². The summed E-state index contributed by atoms with van der Waals surface area (Å²) in [6.07, 6.45) is 1.76. The molecule has 0 saturated heterocycles. The van der Waals surface area contributed by atoms with Gasteiger partial charge in [-0.25, -0.2) is 0 Å². The van der Waals surface area contributed by atoms with E-state index in [1.165, 1.54) is 10.8 Å². The van der Waals surface area contributed by atoms with Crippen molar-refractivity contribution >= 4 is 57.5 Å². The first-order chi connectivity index (χ1) is 10.1. The molecule has 21 heavy (non-hydrogen) atoms. The number of fused-ring (bicyclic) bond motifs is 1. The highest BCUT2D eigenvalue weighted by atomic mass is 35.5. The van der Waals surface area contributed by atoms with Crippen molar-refractivity contribution in [3.8, 4) is 0 Å². The lowest BCUT2D eigenvalue weighted by Gasteiger charge is -2.02. The molecule has 0 fully saturated rings. The third-order valence-electron chi connectivity index (χ3n) is 3.12. The second kappa shape index (κ2) is 6.07. The first kappa shape index (κ1) is 14.4. The van der Waals surface area contributed by atoms with Crippen LogP contribution in [0.25, 0.3) is 10.8 Å². The SMILES string of the molecule is Clc1cc(Cl)c(N=Cc2ccc3ccccc3c2)cc1Cl. The van der Waals surface area contributed by atoms with Gasteiger partial charge in [0.1, 0.15) is 0 Å². The van der Waals surface area contributed by atoms with Gasteiger partial charge in [-0.05, 0) is 34.5 Å². The predicted octanol–water partition coefficient (Wildman–Crippen LogP) is 6.55. The van der Waals surface area contributed by atoms with Gasteiger partial charge >= 0.3 is 0 Å². The number of nitrogens with zero attached hydrogens (tertiary/aromatic N) is 1. The minimum atomic E-state index is 0.423. The molecule has 0 heterocycles. The van der Waals surface area contributed by atoms with Crippen molar-refractivity contribution in [2.24, 2.45) is 4.99 Å². The summed E-state index contributed by atoms with van der Waals surface area (Å²) in [6.45, 7) is 0. The summed E-state index contributed by atoms with van der Waals surface area (Å²) in [4.78, 5) is 4.38. The van der Waals surface area contributed by atoms with E-state index in [2.05, 4.69) is 29.3 Å². The summed E-state index contributed by atoms with van der Waals surface area (Å²) < 4.78 is 0. The van der Waals surface area contributed by atoms with Crippen LogP contribution < -0.4 is 0 Å². The number of aliphatic imine (C=N–C) groups is 1. The molecule has 0 radical (unpaired) electrons. The van der Waals surface area contributed by atoms with Gasteiger partial charge in [-0.3, -0.25) is 4.99 Å². The van der Waals surface area contributed by atoms with Crippen molar-refractivity contribution in [2.75, 3.05) is 0 Å². The Morgan fingerprint density at radius 1 is 0.714 bits per heavy atom. The first-order valence-electron chi connectivity index (χ1n) is 6.31. The Balaban J connectivity index is 1.96. The lowest BCUT2D eigenvalue weighted by molar-refractivity contribution is 1.53. The third-order valence-corrected chi connectivity index (χ3v) is 4.14. The number of benzene rings is 3. The number of hydrogen-bond acceptors (Lipinski definition) is 1. The van der Waals surface area contributed by atoms with E-state index in [0.717, 1.165) is 5.56 Å². The molecule has 0 aliphatic rings. The molecule has 3 aromatic rings. The highest BCUT2D eigenvalue weighted by Crippen LogP contribution is 2.33. The molecule has 0 N–H and O–H groups in total. The predicted molar refractivity (Wildman–Crippen MR) is 92.7 cm³/mol. The molecule has 0 atom stereocenters. The average molecular weight is 335 g/mol. The van der Waals surface area contributed by atoms with Gasteiger partial charge in [0.25, 0.3) is 0 Å². The Labute approximate surface area is 137 Å². The highest BCUT2D eigenvalue weighted by molar-refractivity contribution is 6.44. The van der Waals surface area contributed by atoms with Gasteiger partial charge in [0, 0.05) is 6.21 Å². The van der Waals surface area contributed by atoms with E-state index in [4.69, 9.17) is 34.8 Å². The molecule has 1 nitrogen and oxygen atoms in total. The molecule has 0 aliphatic heterocycles. The molecule has 0 aliphatic carbocycles.